The van der Waals surface area contributed by atoms with Gasteiger partial charge in [-0.15, -0.1) is 0 Å². The summed E-state index contributed by atoms with van der Waals surface area (Å²) in [5.74, 6) is 1.54. The van der Waals surface area contributed by atoms with E-state index in [0.29, 0.717) is 17.8 Å². The van der Waals surface area contributed by atoms with Gasteiger partial charge in [0.05, 0.1) is 11.6 Å². The van der Waals surface area contributed by atoms with Gasteiger partial charge in [-0.1, -0.05) is 13.8 Å². The first kappa shape index (κ1) is 17.3. The summed E-state index contributed by atoms with van der Waals surface area (Å²) in [5.41, 5.74) is 1.28. The van der Waals surface area contributed by atoms with Crippen molar-refractivity contribution in [2.45, 2.75) is 26.7 Å². The summed E-state index contributed by atoms with van der Waals surface area (Å²) in [4.78, 5) is 14.3. The molecule has 5 nitrogen and oxygen atoms in total. The van der Waals surface area contributed by atoms with Crippen molar-refractivity contribution in [3.05, 3.63) is 29.8 Å². The molecular weight excluding hydrogens is 288 g/mol. The lowest BCUT2D eigenvalue weighted by molar-refractivity contribution is 0.140. The zero-order valence-electron chi connectivity index (χ0n) is 14.0. The van der Waals surface area contributed by atoms with Crippen molar-refractivity contribution in [2.75, 3.05) is 31.5 Å². The third-order valence-electron chi connectivity index (χ3n) is 4.15. The Balaban J connectivity index is 1.63. The molecule has 1 aliphatic rings. The number of amides is 2. The minimum Gasteiger partial charge on any atom is -0.338 e. The van der Waals surface area contributed by atoms with Crippen LogP contribution < -0.4 is 10.6 Å². The second-order valence-corrected chi connectivity index (χ2v) is 6.63. The van der Waals surface area contributed by atoms with E-state index in [9.17, 15) is 4.79 Å². The summed E-state index contributed by atoms with van der Waals surface area (Å²) in [6.45, 7) is 8.66. The van der Waals surface area contributed by atoms with Crippen molar-refractivity contribution in [2.24, 2.45) is 11.8 Å². The van der Waals surface area contributed by atoms with E-state index in [2.05, 4.69) is 35.5 Å². The van der Waals surface area contributed by atoms with Crippen LogP contribution in [0.25, 0.3) is 0 Å². The molecule has 1 aromatic carbocycles. The molecule has 1 heterocycles. The minimum atomic E-state index is -0.199. The highest BCUT2D eigenvalue weighted by Crippen LogP contribution is 2.20. The van der Waals surface area contributed by atoms with Crippen LogP contribution in [0.5, 0.6) is 0 Å². The summed E-state index contributed by atoms with van der Waals surface area (Å²) < 4.78 is 0. The van der Waals surface area contributed by atoms with E-state index in [1.54, 1.807) is 24.3 Å². The smallest absolute Gasteiger partial charge is 0.319 e. The number of hydrogen-bond acceptors (Lipinski definition) is 3. The van der Waals surface area contributed by atoms with Gasteiger partial charge >= 0.3 is 6.03 Å². The molecule has 0 aliphatic carbocycles. The third-order valence-corrected chi connectivity index (χ3v) is 4.15. The maximum Gasteiger partial charge on any atom is 0.319 e. The van der Waals surface area contributed by atoms with Gasteiger partial charge in [-0.05, 0) is 55.5 Å². The van der Waals surface area contributed by atoms with Gasteiger partial charge in [-0.2, -0.15) is 5.26 Å². The second kappa shape index (κ2) is 8.54. The largest absolute Gasteiger partial charge is 0.338 e. The number of nitriles is 1. The molecule has 124 valence electrons. The Labute approximate surface area is 138 Å². The highest BCUT2D eigenvalue weighted by Gasteiger charge is 2.20. The van der Waals surface area contributed by atoms with E-state index < -0.39 is 0 Å². The number of carbonyl (C=O) groups is 1. The molecule has 5 heteroatoms. The first-order valence-corrected chi connectivity index (χ1v) is 8.34. The lowest BCUT2D eigenvalue weighted by Gasteiger charge is -2.34. The summed E-state index contributed by atoms with van der Waals surface area (Å²) in [7, 11) is 0. The fraction of sp³-hybridized carbons (Fsp3) is 0.556. The highest BCUT2D eigenvalue weighted by molar-refractivity contribution is 5.89. The van der Waals surface area contributed by atoms with Crippen LogP contribution in [-0.4, -0.2) is 37.1 Å². The molecule has 1 aromatic rings. The van der Waals surface area contributed by atoms with Gasteiger partial charge < -0.3 is 15.5 Å². The van der Waals surface area contributed by atoms with Crippen LogP contribution in [-0.2, 0) is 0 Å². The molecule has 0 unspecified atom stereocenters. The predicted octanol–water partition coefficient (Wildman–Crippen LogP) is 3.05. The normalized spacial score (nSPS) is 21.4. The van der Waals surface area contributed by atoms with Crippen LogP contribution >= 0.6 is 0 Å². The zero-order chi connectivity index (χ0) is 16.7. The molecule has 0 aromatic heterocycles. The second-order valence-electron chi connectivity index (χ2n) is 6.63. The molecule has 1 aliphatic heterocycles. The van der Waals surface area contributed by atoms with Crippen molar-refractivity contribution in [3.63, 3.8) is 0 Å². The summed E-state index contributed by atoms with van der Waals surface area (Å²) in [6.07, 6.45) is 2.28. The number of carbonyl (C=O) groups excluding carboxylic acids is 1. The number of piperidine rings is 1. The molecular formula is C18H26N4O. The van der Waals surface area contributed by atoms with Gasteiger partial charge in [0, 0.05) is 25.3 Å². The van der Waals surface area contributed by atoms with Crippen molar-refractivity contribution < 1.29 is 4.79 Å². The third kappa shape index (κ3) is 5.91. The van der Waals surface area contributed by atoms with Crippen LogP contribution in [0.3, 0.4) is 0 Å². The standard InChI is InChI=1S/C18H26N4O/c1-14-10-15(2)13-22(12-14)9-3-8-20-18(23)21-17-6-4-16(11-19)5-7-17/h4-7,14-15H,3,8-10,12-13H2,1-2H3,(H2,20,21,23)/t14-,15-/m1/s1. The minimum absolute atomic E-state index is 0.199. The van der Waals surface area contributed by atoms with Gasteiger partial charge in [0.2, 0.25) is 0 Å². The number of rotatable bonds is 5. The van der Waals surface area contributed by atoms with Gasteiger partial charge in [0.1, 0.15) is 0 Å². The quantitative estimate of drug-likeness (QED) is 0.821. The van der Waals surface area contributed by atoms with Crippen LogP contribution in [0.15, 0.2) is 24.3 Å². The lowest BCUT2D eigenvalue weighted by Crippen LogP contribution is -2.40. The highest BCUT2D eigenvalue weighted by atomic mass is 16.2. The van der Waals surface area contributed by atoms with E-state index in [1.807, 2.05) is 0 Å². The molecule has 1 fully saturated rings. The average Bonchev–Trinajstić information content (AvgIpc) is 2.51. The number of likely N-dealkylation sites (tertiary alicyclic amines) is 1. The Morgan fingerprint density at radius 3 is 2.52 bits per heavy atom. The topological polar surface area (TPSA) is 68.2 Å². The number of anilines is 1. The summed E-state index contributed by atoms with van der Waals surface area (Å²) in [6, 6.07) is 8.69. The van der Waals surface area contributed by atoms with Gasteiger partial charge in [-0.3, -0.25) is 0 Å². The number of urea groups is 1. The van der Waals surface area contributed by atoms with E-state index in [-0.39, 0.29) is 6.03 Å². The number of nitrogens with zero attached hydrogens (tertiary/aromatic N) is 2. The van der Waals surface area contributed by atoms with E-state index in [0.717, 1.165) is 24.8 Å². The van der Waals surface area contributed by atoms with Crippen LogP contribution in [0.2, 0.25) is 0 Å². The number of benzene rings is 1. The van der Waals surface area contributed by atoms with E-state index in [4.69, 9.17) is 5.26 Å². The van der Waals surface area contributed by atoms with E-state index >= 15 is 0 Å². The van der Waals surface area contributed by atoms with Crippen LogP contribution in [0.1, 0.15) is 32.3 Å². The summed E-state index contributed by atoms with van der Waals surface area (Å²) >= 11 is 0. The Kier molecular flexibility index (Phi) is 6.42. The average molecular weight is 314 g/mol. The molecule has 2 N–H and O–H groups in total. The van der Waals surface area contributed by atoms with E-state index in [1.165, 1.54) is 19.5 Å². The SMILES string of the molecule is C[C@@H]1C[C@@H](C)CN(CCCNC(=O)Nc2ccc(C#N)cc2)C1. The molecule has 2 rings (SSSR count). The molecule has 0 bridgehead atoms. The molecule has 2 amide bonds. The molecule has 0 radical (unpaired) electrons. The maximum atomic E-state index is 11.8. The maximum absolute atomic E-state index is 11.8. The number of hydrogen-bond donors (Lipinski definition) is 2. The molecule has 23 heavy (non-hydrogen) atoms. The fourth-order valence-corrected chi connectivity index (χ4v) is 3.28. The van der Waals surface area contributed by atoms with Crippen LogP contribution in [0, 0.1) is 23.2 Å². The Bertz CT molecular complexity index is 539. The molecule has 0 spiro atoms. The van der Waals surface area contributed by atoms with Crippen molar-refractivity contribution in [3.8, 4) is 6.07 Å². The Morgan fingerprint density at radius 1 is 1.26 bits per heavy atom. The zero-order valence-corrected chi connectivity index (χ0v) is 14.0. The number of nitrogens with one attached hydrogen (secondary N) is 2. The van der Waals surface area contributed by atoms with Crippen molar-refractivity contribution >= 4 is 11.7 Å². The molecule has 1 saturated heterocycles. The van der Waals surface area contributed by atoms with Gasteiger partial charge in [-0.25, -0.2) is 4.79 Å². The molecule has 0 saturated carbocycles. The Hall–Kier alpha value is -2.06. The lowest BCUT2D eigenvalue weighted by atomic mass is 9.92. The van der Waals surface area contributed by atoms with Crippen molar-refractivity contribution in [1.82, 2.24) is 10.2 Å². The summed E-state index contributed by atoms with van der Waals surface area (Å²) in [5, 5.41) is 14.4. The fourth-order valence-electron chi connectivity index (χ4n) is 3.28. The van der Waals surface area contributed by atoms with Gasteiger partial charge in [0.15, 0.2) is 0 Å². The predicted molar refractivity (Wildman–Crippen MR) is 92.2 cm³/mol. The first-order valence-electron chi connectivity index (χ1n) is 8.34. The molecule has 2 atom stereocenters. The van der Waals surface area contributed by atoms with Gasteiger partial charge in [0.25, 0.3) is 0 Å². The van der Waals surface area contributed by atoms with Crippen LogP contribution in [0.4, 0.5) is 10.5 Å². The Morgan fingerprint density at radius 2 is 1.91 bits per heavy atom. The first-order chi connectivity index (χ1) is 11.1. The van der Waals surface area contributed by atoms with Crippen molar-refractivity contribution in [1.29, 1.82) is 5.26 Å². The monoisotopic (exact) mass is 314 g/mol.